The van der Waals surface area contributed by atoms with E-state index in [0.717, 1.165) is 31.4 Å². The molecule has 0 spiro atoms. The molecule has 1 aliphatic carbocycles. The average molecular weight is 316 g/mol. The largest absolute Gasteiger partial charge is 0.308 e. The van der Waals surface area contributed by atoms with Gasteiger partial charge < -0.3 is 10.2 Å². The molecule has 0 aliphatic heterocycles. The monoisotopic (exact) mass is 316 g/mol. The Labute approximate surface area is 137 Å². The first-order chi connectivity index (χ1) is 11.0. The molecule has 1 aromatic carbocycles. The van der Waals surface area contributed by atoms with Gasteiger partial charge in [0.1, 0.15) is 5.82 Å². The normalized spacial score (nSPS) is 18.9. The number of aryl methyl sites for hydroxylation is 2. The third-order valence-electron chi connectivity index (χ3n) is 4.71. The van der Waals surface area contributed by atoms with Gasteiger partial charge in [-0.2, -0.15) is 5.10 Å². The van der Waals surface area contributed by atoms with Crippen LogP contribution in [-0.4, -0.2) is 35.3 Å². The first kappa shape index (κ1) is 16.1. The molecule has 0 radical (unpaired) electrons. The summed E-state index contributed by atoms with van der Waals surface area (Å²) >= 11 is 0. The quantitative estimate of drug-likeness (QED) is 0.921. The van der Waals surface area contributed by atoms with E-state index in [0.29, 0.717) is 6.04 Å². The second-order valence-electron chi connectivity index (χ2n) is 6.62. The van der Waals surface area contributed by atoms with Crippen molar-refractivity contribution >= 4 is 0 Å². The van der Waals surface area contributed by atoms with Crippen LogP contribution >= 0.6 is 0 Å². The molecule has 4 nitrogen and oxygen atoms in total. The van der Waals surface area contributed by atoms with Crippen molar-refractivity contribution < 1.29 is 4.39 Å². The number of hydrogen-bond donors (Lipinski definition) is 1. The summed E-state index contributed by atoms with van der Waals surface area (Å²) in [4.78, 5) is 2.21. The summed E-state index contributed by atoms with van der Waals surface area (Å²) in [5.74, 6) is -0.133. The molecule has 124 valence electrons. The van der Waals surface area contributed by atoms with E-state index in [2.05, 4.69) is 35.6 Å². The van der Waals surface area contributed by atoms with Crippen LogP contribution in [0.25, 0.3) is 0 Å². The summed E-state index contributed by atoms with van der Waals surface area (Å²) in [6.45, 7) is 0.847. The molecule has 1 aliphatic rings. The van der Waals surface area contributed by atoms with Gasteiger partial charge in [-0.3, -0.25) is 4.68 Å². The van der Waals surface area contributed by atoms with Crippen LogP contribution in [0.3, 0.4) is 0 Å². The summed E-state index contributed by atoms with van der Waals surface area (Å²) in [6, 6.07) is 5.78. The van der Waals surface area contributed by atoms with Crippen LogP contribution in [0.5, 0.6) is 0 Å². The lowest BCUT2D eigenvalue weighted by Crippen LogP contribution is -2.34. The SMILES string of the molecule is CN(C)C(CNC1CCCc2cc(F)ccc21)c1cnn(C)c1. The van der Waals surface area contributed by atoms with Gasteiger partial charge in [0.15, 0.2) is 0 Å². The Kier molecular flexibility index (Phi) is 4.78. The van der Waals surface area contributed by atoms with Gasteiger partial charge in [0.05, 0.1) is 6.20 Å². The van der Waals surface area contributed by atoms with Crippen molar-refractivity contribution in [2.75, 3.05) is 20.6 Å². The van der Waals surface area contributed by atoms with Crippen molar-refractivity contribution in [3.05, 3.63) is 53.1 Å². The van der Waals surface area contributed by atoms with E-state index in [-0.39, 0.29) is 11.9 Å². The fraction of sp³-hybridized carbons (Fsp3) is 0.500. The van der Waals surface area contributed by atoms with Crippen molar-refractivity contribution in [2.45, 2.75) is 31.3 Å². The smallest absolute Gasteiger partial charge is 0.123 e. The average Bonchev–Trinajstić information content (AvgIpc) is 2.93. The standard InChI is InChI=1S/C18H25FN4/c1-22(2)18(14-10-21-23(3)12-14)11-20-17-6-4-5-13-9-15(19)7-8-16(13)17/h7-10,12,17-18,20H,4-6,11H2,1-3H3. The topological polar surface area (TPSA) is 33.1 Å². The minimum atomic E-state index is -0.133. The van der Waals surface area contributed by atoms with Gasteiger partial charge in [0.2, 0.25) is 0 Å². The number of fused-ring (bicyclic) bond motifs is 1. The zero-order valence-corrected chi connectivity index (χ0v) is 14.1. The molecule has 1 aromatic heterocycles. The zero-order valence-electron chi connectivity index (χ0n) is 14.1. The van der Waals surface area contributed by atoms with Gasteiger partial charge in [0.25, 0.3) is 0 Å². The van der Waals surface area contributed by atoms with Crippen molar-refractivity contribution in [3.8, 4) is 0 Å². The van der Waals surface area contributed by atoms with Crippen LogP contribution < -0.4 is 5.32 Å². The maximum atomic E-state index is 13.4. The van der Waals surface area contributed by atoms with Gasteiger partial charge in [-0.05, 0) is 56.6 Å². The molecule has 1 heterocycles. The highest BCUT2D eigenvalue weighted by Crippen LogP contribution is 2.30. The number of hydrogen-bond acceptors (Lipinski definition) is 3. The molecule has 0 saturated carbocycles. The minimum Gasteiger partial charge on any atom is -0.308 e. The number of likely N-dealkylation sites (N-methyl/N-ethyl adjacent to an activating group) is 1. The molecule has 0 saturated heterocycles. The Bertz CT molecular complexity index is 665. The molecule has 2 unspecified atom stereocenters. The third-order valence-corrected chi connectivity index (χ3v) is 4.71. The number of nitrogens with zero attached hydrogens (tertiary/aromatic N) is 3. The van der Waals surface area contributed by atoms with E-state index in [1.54, 1.807) is 12.1 Å². The number of aromatic nitrogens is 2. The predicted molar refractivity (Wildman–Crippen MR) is 89.7 cm³/mol. The minimum absolute atomic E-state index is 0.133. The lowest BCUT2D eigenvalue weighted by molar-refractivity contribution is 0.274. The zero-order chi connectivity index (χ0) is 16.4. The van der Waals surface area contributed by atoms with E-state index < -0.39 is 0 Å². The Balaban J connectivity index is 1.72. The van der Waals surface area contributed by atoms with Gasteiger partial charge in [-0.25, -0.2) is 4.39 Å². The molecule has 0 amide bonds. The van der Waals surface area contributed by atoms with E-state index in [4.69, 9.17) is 0 Å². The molecule has 2 atom stereocenters. The molecule has 1 N–H and O–H groups in total. The second kappa shape index (κ2) is 6.81. The maximum Gasteiger partial charge on any atom is 0.123 e. The van der Waals surface area contributed by atoms with E-state index >= 15 is 0 Å². The van der Waals surface area contributed by atoms with Crippen LogP contribution in [0.1, 0.15) is 41.6 Å². The summed E-state index contributed by atoms with van der Waals surface area (Å²) in [5, 5.41) is 7.97. The Morgan fingerprint density at radius 3 is 2.96 bits per heavy atom. The Morgan fingerprint density at radius 1 is 1.43 bits per heavy atom. The van der Waals surface area contributed by atoms with E-state index in [9.17, 15) is 4.39 Å². The van der Waals surface area contributed by atoms with E-state index in [1.165, 1.54) is 11.1 Å². The third kappa shape index (κ3) is 3.62. The number of halogens is 1. The van der Waals surface area contributed by atoms with Crippen LogP contribution in [0.15, 0.2) is 30.6 Å². The van der Waals surface area contributed by atoms with Crippen LogP contribution in [0.4, 0.5) is 4.39 Å². The molecule has 0 fully saturated rings. The summed E-state index contributed by atoms with van der Waals surface area (Å²) in [6.07, 6.45) is 7.18. The van der Waals surface area contributed by atoms with E-state index in [1.807, 2.05) is 24.0 Å². The molecule has 0 bridgehead atoms. The first-order valence-corrected chi connectivity index (χ1v) is 8.21. The lowest BCUT2D eigenvalue weighted by atomic mass is 9.87. The molecule has 23 heavy (non-hydrogen) atoms. The fourth-order valence-electron chi connectivity index (χ4n) is 3.46. The van der Waals surface area contributed by atoms with Gasteiger partial charge in [-0.1, -0.05) is 6.07 Å². The van der Waals surface area contributed by atoms with Crippen molar-refractivity contribution in [1.29, 1.82) is 0 Å². The molecule has 3 rings (SSSR count). The van der Waals surface area contributed by atoms with Gasteiger partial charge in [-0.15, -0.1) is 0 Å². The number of rotatable bonds is 5. The highest BCUT2D eigenvalue weighted by Gasteiger charge is 2.23. The van der Waals surface area contributed by atoms with Gasteiger partial charge >= 0.3 is 0 Å². The van der Waals surface area contributed by atoms with Crippen molar-refractivity contribution in [1.82, 2.24) is 20.0 Å². The Morgan fingerprint density at radius 2 is 2.26 bits per heavy atom. The summed E-state index contributed by atoms with van der Waals surface area (Å²) in [5.41, 5.74) is 3.61. The highest BCUT2D eigenvalue weighted by molar-refractivity contribution is 5.33. The first-order valence-electron chi connectivity index (χ1n) is 8.21. The summed E-state index contributed by atoms with van der Waals surface area (Å²) < 4.78 is 15.3. The molecule has 5 heteroatoms. The Hall–Kier alpha value is -1.72. The van der Waals surface area contributed by atoms with Crippen LogP contribution in [-0.2, 0) is 13.5 Å². The number of benzene rings is 1. The highest BCUT2D eigenvalue weighted by atomic mass is 19.1. The van der Waals surface area contributed by atoms with Crippen molar-refractivity contribution in [3.63, 3.8) is 0 Å². The summed E-state index contributed by atoms with van der Waals surface area (Å²) in [7, 11) is 6.11. The number of nitrogens with one attached hydrogen (secondary N) is 1. The fourth-order valence-corrected chi connectivity index (χ4v) is 3.46. The van der Waals surface area contributed by atoms with Gasteiger partial charge in [0, 0.05) is 37.4 Å². The molecular weight excluding hydrogens is 291 g/mol. The second-order valence-corrected chi connectivity index (χ2v) is 6.62. The maximum absolute atomic E-state index is 13.4. The molecular formula is C18H25FN4. The lowest BCUT2D eigenvalue weighted by Gasteiger charge is -2.30. The van der Waals surface area contributed by atoms with Crippen molar-refractivity contribution in [2.24, 2.45) is 7.05 Å². The van der Waals surface area contributed by atoms with Crippen LogP contribution in [0.2, 0.25) is 0 Å². The predicted octanol–water partition coefficient (Wildman–Crippen LogP) is 2.83. The molecule has 2 aromatic rings. The van der Waals surface area contributed by atoms with Crippen LogP contribution in [0, 0.1) is 5.82 Å².